The van der Waals surface area contributed by atoms with Gasteiger partial charge in [-0.2, -0.15) is 5.10 Å². The number of carbonyl (C=O) groups excluding carboxylic acids is 1. The topological polar surface area (TPSA) is 55.0 Å². The van der Waals surface area contributed by atoms with Crippen LogP contribution >= 0.6 is 11.6 Å². The number of nitrogens with one attached hydrogen (secondary N) is 1. The highest BCUT2D eigenvalue weighted by atomic mass is 35.5. The minimum atomic E-state index is -0.344. The third kappa shape index (κ3) is 2.15. The number of aromatic nitrogens is 2. The second-order valence-corrected chi connectivity index (χ2v) is 4.86. The molecule has 0 unspecified atom stereocenters. The predicted octanol–water partition coefficient (Wildman–Crippen LogP) is 3.27. The number of esters is 1. The third-order valence-electron chi connectivity index (χ3n) is 3.14. The molecule has 1 atom stereocenters. The van der Waals surface area contributed by atoms with Crippen LogP contribution in [0.25, 0.3) is 11.1 Å². The van der Waals surface area contributed by atoms with Crippen molar-refractivity contribution in [2.45, 2.75) is 12.5 Å². The van der Waals surface area contributed by atoms with Gasteiger partial charge in [0.15, 0.2) is 0 Å². The second kappa shape index (κ2) is 4.55. The van der Waals surface area contributed by atoms with Gasteiger partial charge in [0.25, 0.3) is 0 Å². The van der Waals surface area contributed by atoms with Gasteiger partial charge in [0.05, 0.1) is 6.20 Å². The average Bonchev–Trinajstić information content (AvgIpc) is 3.00. The van der Waals surface area contributed by atoms with E-state index in [4.69, 9.17) is 16.3 Å². The summed E-state index contributed by atoms with van der Waals surface area (Å²) in [6.07, 6.45) is 3.67. The van der Waals surface area contributed by atoms with Gasteiger partial charge in [-0.05, 0) is 17.7 Å². The van der Waals surface area contributed by atoms with E-state index >= 15 is 0 Å². The summed E-state index contributed by atoms with van der Waals surface area (Å²) in [5, 5.41) is 7.31. The third-order valence-corrected chi connectivity index (χ3v) is 3.37. The molecule has 0 bridgehead atoms. The number of benzene rings is 1. The largest absolute Gasteiger partial charge is 0.454 e. The Kier molecular flexibility index (Phi) is 2.87. The van der Waals surface area contributed by atoms with Crippen molar-refractivity contribution >= 4 is 17.6 Å². The zero-order chi connectivity index (χ0) is 13.4. The van der Waals surface area contributed by atoms with Crippen LogP contribution in [0.1, 0.15) is 18.1 Å². The summed E-state index contributed by atoms with van der Waals surface area (Å²) in [6.45, 7) is 3.70. The van der Waals surface area contributed by atoms with Gasteiger partial charge in [-0.3, -0.25) is 5.10 Å². The lowest BCUT2D eigenvalue weighted by molar-refractivity contribution is -0.139. The molecule has 4 nitrogen and oxygen atoms in total. The van der Waals surface area contributed by atoms with Gasteiger partial charge < -0.3 is 4.74 Å². The van der Waals surface area contributed by atoms with Crippen molar-refractivity contribution < 1.29 is 9.53 Å². The van der Waals surface area contributed by atoms with E-state index in [0.717, 1.165) is 16.7 Å². The SMILES string of the molecule is C=C1C[C@@H](c2cc(Cl)ccc2-c2cn[nH]c2)OC1=O. The minimum absolute atomic E-state index is 0.330. The summed E-state index contributed by atoms with van der Waals surface area (Å²) < 4.78 is 5.33. The lowest BCUT2D eigenvalue weighted by Gasteiger charge is -2.14. The van der Waals surface area contributed by atoms with Crippen molar-refractivity contribution in [1.82, 2.24) is 10.2 Å². The molecule has 1 fully saturated rings. The first kappa shape index (κ1) is 12.0. The molecule has 2 aromatic rings. The zero-order valence-corrected chi connectivity index (χ0v) is 10.8. The van der Waals surface area contributed by atoms with Crippen molar-refractivity contribution in [3.63, 3.8) is 0 Å². The molecule has 1 N–H and O–H groups in total. The van der Waals surface area contributed by atoms with Gasteiger partial charge in [-0.15, -0.1) is 0 Å². The number of rotatable bonds is 2. The molecule has 2 heterocycles. The molecule has 3 rings (SSSR count). The number of nitrogens with zero attached hydrogens (tertiary/aromatic N) is 1. The molecule has 96 valence electrons. The Hall–Kier alpha value is -2.07. The number of halogens is 1. The van der Waals surface area contributed by atoms with E-state index < -0.39 is 0 Å². The maximum absolute atomic E-state index is 11.5. The van der Waals surface area contributed by atoms with Crippen molar-refractivity contribution in [3.8, 4) is 11.1 Å². The van der Waals surface area contributed by atoms with Crippen molar-refractivity contribution in [2.24, 2.45) is 0 Å². The number of H-pyrrole nitrogens is 1. The summed E-state index contributed by atoms with van der Waals surface area (Å²) in [7, 11) is 0. The Morgan fingerprint density at radius 3 is 2.95 bits per heavy atom. The fraction of sp³-hybridized carbons (Fsp3) is 0.143. The van der Waals surface area contributed by atoms with Gasteiger partial charge in [0.2, 0.25) is 0 Å². The smallest absolute Gasteiger partial charge is 0.334 e. The van der Waals surface area contributed by atoms with Crippen LogP contribution in [0.15, 0.2) is 42.7 Å². The highest BCUT2D eigenvalue weighted by Crippen LogP contribution is 2.38. The lowest BCUT2D eigenvalue weighted by Crippen LogP contribution is -2.00. The molecule has 0 radical (unpaired) electrons. The highest BCUT2D eigenvalue weighted by molar-refractivity contribution is 6.30. The van der Waals surface area contributed by atoms with Crippen molar-refractivity contribution in [2.75, 3.05) is 0 Å². The number of cyclic esters (lactones) is 1. The molecule has 0 aliphatic carbocycles. The molecule has 1 saturated heterocycles. The summed E-state index contributed by atoms with van der Waals surface area (Å²) in [6, 6.07) is 5.52. The zero-order valence-electron chi connectivity index (χ0n) is 10.0. The number of hydrogen-bond acceptors (Lipinski definition) is 3. The molecule has 1 aromatic heterocycles. The van der Waals surface area contributed by atoms with Crippen LogP contribution in [0.3, 0.4) is 0 Å². The molecule has 0 saturated carbocycles. The van der Waals surface area contributed by atoms with Crippen molar-refractivity contribution in [1.29, 1.82) is 0 Å². The van der Waals surface area contributed by atoms with Crippen molar-refractivity contribution in [3.05, 3.63) is 53.3 Å². The number of aromatic amines is 1. The summed E-state index contributed by atoms with van der Waals surface area (Å²) >= 11 is 6.04. The first-order valence-electron chi connectivity index (χ1n) is 5.82. The number of carbonyl (C=O) groups is 1. The molecule has 19 heavy (non-hydrogen) atoms. The van der Waals surface area contributed by atoms with E-state index in [2.05, 4.69) is 16.8 Å². The molecule has 5 heteroatoms. The molecular formula is C14H11ClN2O2. The Morgan fingerprint density at radius 2 is 2.32 bits per heavy atom. The van der Waals surface area contributed by atoms with Crippen LogP contribution in [0.5, 0.6) is 0 Å². The fourth-order valence-corrected chi connectivity index (χ4v) is 2.38. The van der Waals surface area contributed by atoms with E-state index in [1.807, 2.05) is 12.1 Å². The lowest BCUT2D eigenvalue weighted by atomic mass is 9.96. The molecule has 0 spiro atoms. The Morgan fingerprint density at radius 1 is 1.47 bits per heavy atom. The maximum atomic E-state index is 11.5. The normalized spacial score (nSPS) is 18.7. The summed E-state index contributed by atoms with van der Waals surface area (Å²) in [4.78, 5) is 11.5. The Balaban J connectivity index is 2.07. The van der Waals surface area contributed by atoms with Gasteiger partial charge in [-0.1, -0.05) is 24.2 Å². The first-order chi connectivity index (χ1) is 9.15. The van der Waals surface area contributed by atoms with Gasteiger partial charge in [-0.25, -0.2) is 4.79 Å². The maximum Gasteiger partial charge on any atom is 0.334 e. The molecule has 1 aliphatic heterocycles. The average molecular weight is 275 g/mol. The highest BCUT2D eigenvalue weighted by Gasteiger charge is 2.30. The van der Waals surface area contributed by atoms with Gasteiger partial charge >= 0.3 is 5.97 Å². The minimum Gasteiger partial charge on any atom is -0.454 e. The standard InChI is InChI=1S/C14H11ClN2O2/c1-8-4-13(19-14(8)18)12-5-10(15)2-3-11(12)9-6-16-17-7-9/h2-3,5-7,13H,1,4H2,(H,16,17)/t13-/m0/s1. The Labute approximate surface area is 115 Å². The van der Waals surface area contributed by atoms with Crippen LogP contribution in [-0.4, -0.2) is 16.2 Å². The second-order valence-electron chi connectivity index (χ2n) is 4.42. The number of hydrogen-bond donors (Lipinski definition) is 1. The Bertz CT molecular complexity index is 633. The van der Waals surface area contributed by atoms with E-state index in [-0.39, 0.29) is 12.1 Å². The van der Waals surface area contributed by atoms with Crippen LogP contribution in [0.2, 0.25) is 5.02 Å². The quantitative estimate of drug-likeness (QED) is 0.675. The van der Waals surface area contributed by atoms with E-state index in [1.54, 1.807) is 18.5 Å². The van der Waals surface area contributed by atoms with Gasteiger partial charge in [0.1, 0.15) is 6.10 Å². The first-order valence-corrected chi connectivity index (χ1v) is 6.20. The van der Waals surface area contributed by atoms with Gasteiger partial charge in [0, 0.05) is 34.3 Å². The summed E-state index contributed by atoms with van der Waals surface area (Å²) in [5.74, 6) is -0.344. The van der Waals surface area contributed by atoms with Crippen LogP contribution in [0, 0.1) is 0 Å². The molecular weight excluding hydrogens is 264 g/mol. The van der Waals surface area contributed by atoms with Crippen LogP contribution in [-0.2, 0) is 9.53 Å². The van der Waals surface area contributed by atoms with E-state index in [9.17, 15) is 4.79 Å². The fourth-order valence-electron chi connectivity index (χ4n) is 2.20. The summed E-state index contributed by atoms with van der Waals surface area (Å²) in [5.41, 5.74) is 3.25. The van der Waals surface area contributed by atoms with E-state index in [0.29, 0.717) is 17.0 Å². The number of ether oxygens (including phenoxy) is 1. The molecule has 1 aromatic carbocycles. The monoisotopic (exact) mass is 274 g/mol. The molecule has 0 amide bonds. The molecule has 1 aliphatic rings. The van der Waals surface area contributed by atoms with Crippen LogP contribution in [0.4, 0.5) is 0 Å². The predicted molar refractivity (Wildman–Crippen MR) is 71.6 cm³/mol. The van der Waals surface area contributed by atoms with Crippen LogP contribution < -0.4 is 0 Å². The van der Waals surface area contributed by atoms with E-state index in [1.165, 1.54) is 0 Å².